The van der Waals surface area contributed by atoms with Crippen molar-refractivity contribution in [1.29, 1.82) is 0 Å². The van der Waals surface area contributed by atoms with Gasteiger partial charge in [0, 0.05) is 13.0 Å². The average molecular weight is 563 g/mol. The number of benzene rings is 1. The maximum absolute atomic E-state index is 13.7. The smallest absolute Gasteiger partial charge is 0.324 e. The van der Waals surface area contributed by atoms with E-state index in [1.807, 2.05) is 38.1 Å². The zero-order valence-electron chi connectivity index (χ0n) is 25.2. The number of nitrogens with one attached hydrogen (secondary N) is 2. The summed E-state index contributed by atoms with van der Waals surface area (Å²) in [5, 5.41) is 4.30. The fourth-order valence-corrected chi connectivity index (χ4v) is 11.0. The van der Waals surface area contributed by atoms with Gasteiger partial charge in [-0.3, -0.25) is 19.4 Å². The second-order valence-corrected chi connectivity index (χ2v) is 17.3. The summed E-state index contributed by atoms with van der Waals surface area (Å²) in [7, 11) is -0.846. The first-order valence-electron chi connectivity index (χ1n) is 14.2. The molecule has 1 aromatic rings. The van der Waals surface area contributed by atoms with Crippen LogP contribution in [0, 0.1) is 5.92 Å². The Balaban J connectivity index is 2.36. The molecule has 3 atom stereocenters. The topological polar surface area (TPSA) is 123 Å². The largest absolute Gasteiger partial charge is 0.543 e. The number of nitrogens with two attached hydrogens (primary N) is 1. The SMILES string of the molecule is COC(=O)[C@@H]1CCCN(C(=O)[C@H](Cc2cccc(O[Si](C(C)C)(C(C)C)C(C)C)c2)NC(=O)[C@@H](N)C(C)C)N1. The summed E-state index contributed by atoms with van der Waals surface area (Å²) < 4.78 is 11.7. The number of carbonyl (C=O) groups excluding carboxylic acids is 3. The molecule has 0 aliphatic carbocycles. The van der Waals surface area contributed by atoms with Crippen molar-refractivity contribution in [1.82, 2.24) is 15.8 Å². The molecular weight excluding hydrogens is 512 g/mol. The number of nitrogens with zero attached hydrogens (tertiary/aromatic N) is 1. The number of hydrogen-bond acceptors (Lipinski definition) is 7. The number of hydrogen-bond donors (Lipinski definition) is 3. The zero-order valence-corrected chi connectivity index (χ0v) is 26.2. The molecule has 0 radical (unpaired) electrons. The van der Waals surface area contributed by atoms with Gasteiger partial charge in [0.2, 0.25) is 5.91 Å². The van der Waals surface area contributed by atoms with Gasteiger partial charge in [0.15, 0.2) is 0 Å². The van der Waals surface area contributed by atoms with Crippen LogP contribution in [0.1, 0.15) is 73.8 Å². The van der Waals surface area contributed by atoms with Crippen molar-refractivity contribution in [2.45, 2.75) is 109 Å². The Bertz CT molecular complexity index is 962. The molecule has 2 amide bonds. The highest BCUT2D eigenvalue weighted by Crippen LogP contribution is 2.42. The minimum atomic E-state index is -2.17. The van der Waals surface area contributed by atoms with E-state index < -0.39 is 32.4 Å². The predicted molar refractivity (Wildman–Crippen MR) is 156 cm³/mol. The van der Waals surface area contributed by atoms with Gasteiger partial charge >= 0.3 is 5.97 Å². The van der Waals surface area contributed by atoms with Gasteiger partial charge in [-0.25, -0.2) is 5.43 Å². The first-order chi connectivity index (χ1) is 18.2. The van der Waals surface area contributed by atoms with E-state index in [9.17, 15) is 14.4 Å². The van der Waals surface area contributed by atoms with Crippen LogP contribution in [0.3, 0.4) is 0 Å². The highest BCUT2D eigenvalue weighted by atomic mass is 28.4. The van der Waals surface area contributed by atoms with E-state index in [0.29, 0.717) is 36.0 Å². The van der Waals surface area contributed by atoms with E-state index in [0.717, 1.165) is 11.3 Å². The second-order valence-electron chi connectivity index (χ2n) is 11.9. The molecule has 0 spiro atoms. The van der Waals surface area contributed by atoms with Crippen LogP contribution in [0.4, 0.5) is 0 Å². The molecule has 4 N–H and O–H groups in total. The van der Waals surface area contributed by atoms with E-state index in [1.54, 1.807) is 0 Å². The summed E-state index contributed by atoms with van der Waals surface area (Å²) in [6.07, 6.45) is 1.46. The molecule has 1 heterocycles. The second kappa shape index (κ2) is 14.3. The molecule has 0 bridgehead atoms. The highest BCUT2D eigenvalue weighted by Gasteiger charge is 2.47. The molecule has 39 heavy (non-hydrogen) atoms. The van der Waals surface area contributed by atoms with Crippen molar-refractivity contribution in [3.63, 3.8) is 0 Å². The number of rotatable bonds is 12. The molecule has 2 rings (SSSR count). The third-order valence-corrected chi connectivity index (χ3v) is 13.9. The maximum Gasteiger partial charge on any atom is 0.324 e. The fourth-order valence-electron chi connectivity index (χ4n) is 5.75. The van der Waals surface area contributed by atoms with Gasteiger partial charge in [-0.05, 0) is 53.1 Å². The number of methoxy groups -OCH3 is 1. The van der Waals surface area contributed by atoms with Gasteiger partial charge < -0.3 is 20.2 Å². The fraction of sp³-hybridized carbons (Fsp3) is 0.690. The van der Waals surface area contributed by atoms with E-state index in [1.165, 1.54) is 12.1 Å². The van der Waals surface area contributed by atoms with Crippen molar-refractivity contribution in [2.24, 2.45) is 11.7 Å². The minimum Gasteiger partial charge on any atom is -0.543 e. The maximum atomic E-state index is 13.7. The molecule has 9 nitrogen and oxygen atoms in total. The number of ether oxygens (including phenoxy) is 1. The summed E-state index contributed by atoms with van der Waals surface area (Å²) >= 11 is 0. The number of esters is 1. The van der Waals surface area contributed by atoms with E-state index in [-0.39, 0.29) is 24.2 Å². The van der Waals surface area contributed by atoms with Gasteiger partial charge in [0.05, 0.1) is 13.2 Å². The lowest BCUT2D eigenvalue weighted by atomic mass is 10.0. The summed E-state index contributed by atoms with van der Waals surface area (Å²) in [4.78, 5) is 38.8. The summed E-state index contributed by atoms with van der Waals surface area (Å²) in [5.41, 5.74) is 11.2. The zero-order chi connectivity index (χ0) is 29.5. The highest BCUT2D eigenvalue weighted by molar-refractivity contribution is 6.78. The normalized spacial score (nSPS) is 17.9. The van der Waals surface area contributed by atoms with Gasteiger partial charge in [-0.1, -0.05) is 67.5 Å². The monoisotopic (exact) mass is 562 g/mol. The van der Waals surface area contributed by atoms with Crippen molar-refractivity contribution < 1.29 is 23.5 Å². The van der Waals surface area contributed by atoms with Crippen LogP contribution >= 0.6 is 0 Å². The number of hydrazine groups is 1. The Kier molecular flexibility index (Phi) is 12.0. The van der Waals surface area contributed by atoms with E-state index in [4.69, 9.17) is 14.9 Å². The van der Waals surface area contributed by atoms with Crippen molar-refractivity contribution in [2.75, 3.05) is 13.7 Å². The first kappa shape index (κ1) is 32.8. The summed E-state index contributed by atoms with van der Waals surface area (Å²) in [6, 6.07) is 5.58. The first-order valence-corrected chi connectivity index (χ1v) is 16.4. The van der Waals surface area contributed by atoms with Crippen LogP contribution in [0.5, 0.6) is 5.75 Å². The molecule has 0 saturated carbocycles. The molecule has 1 saturated heterocycles. The number of amides is 2. The average Bonchev–Trinajstić information content (AvgIpc) is 2.89. The number of carbonyl (C=O) groups is 3. The Morgan fingerprint density at radius 2 is 1.69 bits per heavy atom. The van der Waals surface area contributed by atoms with E-state index in [2.05, 4.69) is 52.3 Å². The van der Waals surface area contributed by atoms with Crippen LogP contribution in [0.2, 0.25) is 16.6 Å². The van der Waals surface area contributed by atoms with Crippen molar-refractivity contribution in [3.05, 3.63) is 29.8 Å². The Labute approximate surface area is 235 Å². The molecule has 1 aliphatic rings. The molecule has 220 valence electrons. The van der Waals surface area contributed by atoms with Crippen LogP contribution in [-0.4, -0.2) is 62.9 Å². The summed E-state index contributed by atoms with van der Waals surface area (Å²) in [6.45, 7) is 17.6. The molecule has 10 heteroatoms. The predicted octanol–water partition coefficient (Wildman–Crippen LogP) is 3.92. The third-order valence-electron chi connectivity index (χ3n) is 7.91. The molecule has 0 unspecified atom stereocenters. The standard InChI is InChI=1S/C29H50N4O5Si/c1-18(2)26(30)27(34)31-25(28(35)33-15-11-14-24(32-33)29(36)37-9)17-22-12-10-13-23(16-22)38-39(19(3)4,20(5)6)21(7)8/h10,12-13,16,18-21,24-26,32H,11,14-15,17,30H2,1-9H3,(H,31,34)/t24-,25-,26-/m0/s1. The van der Waals surface area contributed by atoms with Crippen molar-refractivity contribution >= 4 is 26.1 Å². The van der Waals surface area contributed by atoms with Gasteiger partial charge in [0.1, 0.15) is 17.8 Å². The quantitative estimate of drug-likeness (QED) is 0.261. The lowest BCUT2D eigenvalue weighted by Gasteiger charge is -2.42. The third kappa shape index (κ3) is 8.05. The molecule has 1 aliphatic heterocycles. The van der Waals surface area contributed by atoms with Crippen molar-refractivity contribution in [3.8, 4) is 5.75 Å². The minimum absolute atomic E-state index is 0.0875. The molecule has 1 aromatic carbocycles. The van der Waals surface area contributed by atoms with Crippen LogP contribution in [-0.2, 0) is 25.5 Å². The van der Waals surface area contributed by atoms with Crippen LogP contribution in [0.15, 0.2) is 24.3 Å². The van der Waals surface area contributed by atoms with Gasteiger partial charge in [-0.2, -0.15) is 0 Å². The van der Waals surface area contributed by atoms with Crippen LogP contribution < -0.4 is 20.9 Å². The molecule has 0 aromatic heterocycles. The van der Waals surface area contributed by atoms with Gasteiger partial charge in [-0.15, -0.1) is 0 Å². The Hall–Kier alpha value is -2.43. The Morgan fingerprint density at radius 1 is 1.08 bits per heavy atom. The lowest BCUT2D eigenvalue weighted by molar-refractivity contribution is -0.151. The van der Waals surface area contributed by atoms with E-state index >= 15 is 0 Å². The van der Waals surface area contributed by atoms with Gasteiger partial charge in [0.25, 0.3) is 14.2 Å². The summed E-state index contributed by atoms with van der Waals surface area (Å²) in [5.74, 6) is -0.436. The Morgan fingerprint density at radius 3 is 2.23 bits per heavy atom. The van der Waals surface area contributed by atoms with Crippen LogP contribution in [0.25, 0.3) is 0 Å². The lowest BCUT2D eigenvalue weighted by Crippen LogP contribution is -2.61. The molecular formula is C29H50N4O5Si. The molecule has 1 fully saturated rings.